The quantitative estimate of drug-likeness (QED) is 0.678. The van der Waals surface area contributed by atoms with Crippen molar-refractivity contribution in [2.24, 2.45) is 0 Å². The molecule has 0 saturated carbocycles. The molecular weight excluding hydrogens is 358 g/mol. The first-order chi connectivity index (χ1) is 13.8. The van der Waals surface area contributed by atoms with Gasteiger partial charge in [0.25, 0.3) is 0 Å². The van der Waals surface area contributed by atoms with Gasteiger partial charge in [0, 0.05) is 44.7 Å². The number of para-hydroxylation sites is 1. The minimum absolute atomic E-state index is 0.193. The second kappa shape index (κ2) is 7.37. The Kier molecular flexibility index (Phi) is 4.58. The van der Waals surface area contributed by atoms with Crippen molar-refractivity contribution < 1.29 is 13.9 Å². The van der Waals surface area contributed by atoms with Gasteiger partial charge in [0.05, 0.1) is 19.8 Å². The van der Waals surface area contributed by atoms with Crippen molar-refractivity contribution in [3.8, 4) is 0 Å². The van der Waals surface area contributed by atoms with Gasteiger partial charge in [-0.2, -0.15) is 0 Å². The van der Waals surface area contributed by atoms with Crippen molar-refractivity contribution in [1.29, 1.82) is 0 Å². The molecule has 28 heavy (non-hydrogen) atoms. The molecule has 0 bridgehead atoms. The molecule has 2 fully saturated rings. The summed E-state index contributed by atoms with van der Waals surface area (Å²) in [5.74, 6) is 1.000. The molecule has 3 aromatic rings. The molecule has 5 rings (SSSR count). The molecule has 2 aliphatic heterocycles. The minimum Gasteiger partial charge on any atom is -0.450 e. The molecule has 146 valence electrons. The van der Waals surface area contributed by atoms with Crippen LogP contribution in [0.25, 0.3) is 22.1 Å². The van der Waals surface area contributed by atoms with Crippen LogP contribution < -0.4 is 4.90 Å². The van der Waals surface area contributed by atoms with E-state index in [0.29, 0.717) is 32.8 Å². The van der Waals surface area contributed by atoms with E-state index in [9.17, 15) is 4.79 Å². The van der Waals surface area contributed by atoms with Gasteiger partial charge in [-0.3, -0.25) is 9.69 Å². The number of furan rings is 1. The molecule has 0 atom stereocenters. The van der Waals surface area contributed by atoms with Crippen LogP contribution in [0, 0.1) is 0 Å². The molecule has 0 N–H and O–H groups in total. The van der Waals surface area contributed by atoms with Crippen LogP contribution in [0.4, 0.5) is 5.82 Å². The zero-order valence-corrected chi connectivity index (χ0v) is 15.7. The molecule has 2 aromatic heterocycles. The van der Waals surface area contributed by atoms with Crippen molar-refractivity contribution in [2.45, 2.75) is 0 Å². The van der Waals surface area contributed by atoms with Gasteiger partial charge < -0.3 is 19.0 Å². The second-order valence-electron chi connectivity index (χ2n) is 7.23. The van der Waals surface area contributed by atoms with Crippen molar-refractivity contribution in [1.82, 2.24) is 19.8 Å². The summed E-state index contributed by atoms with van der Waals surface area (Å²) < 4.78 is 11.4. The molecule has 2 aliphatic rings. The molecule has 0 spiro atoms. The number of aromatic nitrogens is 2. The lowest BCUT2D eigenvalue weighted by Gasteiger charge is -2.36. The van der Waals surface area contributed by atoms with Crippen LogP contribution in [0.3, 0.4) is 0 Å². The Hall–Kier alpha value is -2.71. The summed E-state index contributed by atoms with van der Waals surface area (Å²) in [6.45, 7) is 6.41. The molecule has 4 heterocycles. The summed E-state index contributed by atoms with van der Waals surface area (Å²) in [5, 5.41) is 1.00. The lowest BCUT2D eigenvalue weighted by atomic mass is 10.2. The highest BCUT2D eigenvalue weighted by Gasteiger charge is 2.26. The summed E-state index contributed by atoms with van der Waals surface area (Å²) in [5.41, 5.74) is 2.38. The Morgan fingerprint density at radius 1 is 1.00 bits per heavy atom. The van der Waals surface area contributed by atoms with E-state index in [4.69, 9.17) is 9.15 Å². The van der Waals surface area contributed by atoms with Crippen molar-refractivity contribution in [3.05, 3.63) is 30.6 Å². The number of fused-ring (bicyclic) bond motifs is 3. The van der Waals surface area contributed by atoms with E-state index in [1.807, 2.05) is 29.2 Å². The van der Waals surface area contributed by atoms with Crippen LogP contribution in [-0.2, 0) is 9.53 Å². The van der Waals surface area contributed by atoms with E-state index in [1.165, 1.54) is 0 Å². The number of nitrogens with zero attached hydrogens (tertiary/aromatic N) is 5. The maximum atomic E-state index is 12.6. The number of carbonyl (C=O) groups is 1. The lowest BCUT2D eigenvalue weighted by Crippen LogP contribution is -2.52. The highest BCUT2D eigenvalue weighted by atomic mass is 16.5. The minimum atomic E-state index is 0.193. The SMILES string of the molecule is O=C(CN1CCOCC1)N1CCN(c2ncnc3c2oc2ccccc23)CC1. The second-order valence-corrected chi connectivity index (χ2v) is 7.23. The third-order valence-electron chi connectivity index (χ3n) is 5.53. The van der Waals surface area contributed by atoms with Crippen molar-refractivity contribution in [3.63, 3.8) is 0 Å². The number of anilines is 1. The zero-order chi connectivity index (χ0) is 18.9. The average molecular weight is 381 g/mol. The van der Waals surface area contributed by atoms with E-state index in [-0.39, 0.29) is 5.91 Å². The number of morpholine rings is 1. The summed E-state index contributed by atoms with van der Waals surface area (Å²) in [6.07, 6.45) is 1.59. The van der Waals surface area contributed by atoms with E-state index in [2.05, 4.69) is 19.8 Å². The highest BCUT2D eigenvalue weighted by Crippen LogP contribution is 2.32. The van der Waals surface area contributed by atoms with Gasteiger partial charge in [-0.15, -0.1) is 0 Å². The van der Waals surface area contributed by atoms with Crippen LogP contribution >= 0.6 is 0 Å². The molecule has 2 saturated heterocycles. The normalized spacial score (nSPS) is 18.9. The molecule has 8 heteroatoms. The molecule has 8 nitrogen and oxygen atoms in total. The highest BCUT2D eigenvalue weighted by molar-refractivity contribution is 6.05. The van der Waals surface area contributed by atoms with Gasteiger partial charge in [-0.1, -0.05) is 12.1 Å². The molecule has 0 radical (unpaired) electrons. The Labute approximate surface area is 162 Å². The maximum absolute atomic E-state index is 12.6. The number of carbonyl (C=O) groups excluding carboxylic acids is 1. The Balaban J connectivity index is 1.29. The molecule has 0 aliphatic carbocycles. The summed E-state index contributed by atoms with van der Waals surface area (Å²) in [4.78, 5) is 27.8. The smallest absolute Gasteiger partial charge is 0.236 e. The third-order valence-corrected chi connectivity index (χ3v) is 5.53. The first kappa shape index (κ1) is 17.4. The van der Waals surface area contributed by atoms with E-state index in [0.717, 1.165) is 54.1 Å². The molecule has 0 unspecified atom stereocenters. The standard InChI is InChI=1S/C20H23N5O3/c26-17(13-23-9-11-27-12-10-23)24-5-7-25(8-6-24)20-19-18(21-14-22-20)15-3-1-2-4-16(15)28-19/h1-4,14H,5-13H2. The van der Waals surface area contributed by atoms with Gasteiger partial charge in [0.1, 0.15) is 17.4 Å². The van der Waals surface area contributed by atoms with Gasteiger partial charge in [0.15, 0.2) is 11.4 Å². The first-order valence-corrected chi connectivity index (χ1v) is 9.75. The Morgan fingerprint density at radius 3 is 2.61 bits per heavy atom. The average Bonchev–Trinajstić information content (AvgIpc) is 3.13. The van der Waals surface area contributed by atoms with Gasteiger partial charge >= 0.3 is 0 Å². The molecular formula is C20H23N5O3. The van der Waals surface area contributed by atoms with Crippen LogP contribution in [0.2, 0.25) is 0 Å². The Bertz CT molecular complexity index is 990. The number of hydrogen-bond donors (Lipinski definition) is 0. The fraction of sp³-hybridized carbons (Fsp3) is 0.450. The largest absolute Gasteiger partial charge is 0.450 e. The number of piperazine rings is 1. The van der Waals surface area contributed by atoms with Gasteiger partial charge in [-0.25, -0.2) is 9.97 Å². The molecule has 1 aromatic carbocycles. The predicted molar refractivity (Wildman–Crippen MR) is 105 cm³/mol. The predicted octanol–water partition coefficient (Wildman–Crippen LogP) is 1.36. The maximum Gasteiger partial charge on any atom is 0.236 e. The van der Waals surface area contributed by atoms with Gasteiger partial charge in [-0.05, 0) is 12.1 Å². The fourth-order valence-electron chi connectivity index (χ4n) is 3.95. The van der Waals surface area contributed by atoms with E-state index >= 15 is 0 Å². The van der Waals surface area contributed by atoms with Crippen LogP contribution in [0.5, 0.6) is 0 Å². The summed E-state index contributed by atoms with van der Waals surface area (Å²) in [7, 11) is 0. The van der Waals surface area contributed by atoms with Crippen LogP contribution in [0.15, 0.2) is 35.0 Å². The third kappa shape index (κ3) is 3.18. The number of amides is 1. The fourth-order valence-corrected chi connectivity index (χ4v) is 3.95. The lowest BCUT2D eigenvalue weighted by molar-refractivity contribution is -0.133. The Morgan fingerprint density at radius 2 is 1.79 bits per heavy atom. The zero-order valence-electron chi connectivity index (χ0n) is 15.7. The molecule has 1 amide bonds. The topological polar surface area (TPSA) is 74.9 Å². The van der Waals surface area contributed by atoms with Crippen LogP contribution in [0.1, 0.15) is 0 Å². The summed E-state index contributed by atoms with van der Waals surface area (Å²) >= 11 is 0. The monoisotopic (exact) mass is 381 g/mol. The van der Waals surface area contributed by atoms with E-state index in [1.54, 1.807) is 6.33 Å². The van der Waals surface area contributed by atoms with Crippen molar-refractivity contribution >= 4 is 33.8 Å². The van der Waals surface area contributed by atoms with Gasteiger partial charge in [0.2, 0.25) is 5.91 Å². The van der Waals surface area contributed by atoms with Crippen molar-refractivity contribution in [2.75, 3.05) is 63.9 Å². The van der Waals surface area contributed by atoms with E-state index < -0.39 is 0 Å². The number of benzene rings is 1. The number of hydrogen-bond acceptors (Lipinski definition) is 7. The number of ether oxygens (including phenoxy) is 1. The first-order valence-electron chi connectivity index (χ1n) is 9.75. The van der Waals surface area contributed by atoms with Crippen LogP contribution in [-0.4, -0.2) is 84.7 Å². The summed E-state index contributed by atoms with van der Waals surface area (Å²) in [6, 6.07) is 7.90. The number of rotatable bonds is 3.